The van der Waals surface area contributed by atoms with Crippen molar-refractivity contribution < 1.29 is 4.74 Å². The van der Waals surface area contributed by atoms with E-state index in [-0.39, 0.29) is 0 Å². The average Bonchev–Trinajstić information content (AvgIpc) is 2.84. The summed E-state index contributed by atoms with van der Waals surface area (Å²) in [4.78, 5) is 0. The Labute approximate surface area is 120 Å². The highest BCUT2D eigenvalue weighted by atomic mass is 16.5. The third-order valence-electron chi connectivity index (χ3n) is 3.05. The molecule has 0 aliphatic heterocycles. The van der Waals surface area contributed by atoms with Crippen molar-refractivity contribution in [2.45, 2.75) is 39.9 Å². The summed E-state index contributed by atoms with van der Waals surface area (Å²) in [5.74, 6) is 0.882. The van der Waals surface area contributed by atoms with Gasteiger partial charge in [0.15, 0.2) is 0 Å². The normalized spacial score (nSPS) is 11.1. The van der Waals surface area contributed by atoms with Crippen LogP contribution in [0.1, 0.15) is 30.7 Å². The van der Waals surface area contributed by atoms with Crippen molar-refractivity contribution in [1.29, 1.82) is 0 Å². The van der Waals surface area contributed by atoms with Gasteiger partial charge in [-0.05, 0) is 13.0 Å². The molecule has 0 spiro atoms. The van der Waals surface area contributed by atoms with E-state index in [1.165, 1.54) is 5.56 Å². The second kappa shape index (κ2) is 6.52. The molecule has 1 heterocycles. The summed E-state index contributed by atoms with van der Waals surface area (Å²) in [7, 11) is 1.69. The van der Waals surface area contributed by atoms with Crippen molar-refractivity contribution in [3.05, 3.63) is 41.2 Å². The quantitative estimate of drug-likeness (QED) is 0.877. The topological polar surface area (TPSA) is 52.0 Å². The van der Waals surface area contributed by atoms with Crippen LogP contribution < -0.4 is 10.1 Å². The van der Waals surface area contributed by atoms with E-state index >= 15 is 0 Å². The lowest BCUT2D eigenvalue weighted by Gasteiger charge is -2.09. The Kier molecular flexibility index (Phi) is 4.74. The number of ether oxygens (including phenoxy) is 1. The fraction of sp³-hybridized carbons (Fsp3) is 0.467. The molecule has 0 unspecified atom stereocenters. The van der Waals surface area contributed by atoms with Gasteiger partial charge in [-0.3, -0.25) is 0 Å². The van der Waals surface area contributed by atoms with Crippen molar-refractivity contribution in [3.63, 3.8) is 0 Å². The van der Waals surface area contributed by atoms with Gasteiger partial charge in [0, 0.05) is 18.2 Å². The van der Waals surface area contributed by atoms with E-state index in [4.69, 9.17) is 4.74 Å². The Morgan fingerprint density at radius 1 is 1.35 bits per heavy atom. The van der Waals surface area contributed by atoms with Gasteiger partial charge in [0.2, 0.25) is 0 Å². The summed E-state index contributed by atoms with van der Waals surface area (Å²) in [6.07, 6.45) is 1.97. The van der Waals surface area contributed by atoms with Crippen LogP contribution in [-0.2, 0) is 13.1 Å². The number of hydrogen-bond donors (Lipinski definition) is 1. The van der Waals surface area contributed by atoms with E-state index < -0.39 is 0 Å². The molecule has 1 N–H and O–H groups in total. The summed E-state index contributed by atoms with van der Waals surface area (Å²) < 4.78 is 7.23. The first-order valence-corrected chi connectivity index (χ1v) is 6.84. The molecule has 20 heavy (non-hydrogen) atoms. The van der Waals surface area contributed by atoms with Crippen molar-refractivity contribution in [3.8, 4) is 5.75 Å². The molecule has 0 aliphatic rings. The Balaban J connectivity index is 2.08. The maximum atomic E-state index is 5.38. The summed E-state index contributed by atoms with van der Waals surface area (Å²) in [5.41, 5.74) is 3.27. The third kappa shape index (κ3) is 3.81. The zero-order chi connectivity index (χ0) is 14.5. The van der Waals surface area contributed by atoms with Crippen LogP contribution in [0.25, 0.3) is 0 Å². The number of nitrogens with one attached hydrogen (secondary N) is 1. The molecular formula is C15H22N4O. The molecule has 108 valence electrons. The molecule has 0 bridgehead atoms. The predicted molar refractivity (Wildman–Crippen MR) is 78.8 cm³/mol. The SMILES string of the molecule is COc1ccc(C)cc1Cn1cc(CNC(C)C)nn1. The van der Waals surface area contributed by atoms with Crippen LogP contribution in [0.4, 0.5) is 0 Å². The van der Waals surface area contributed by atoms with Gasteiger partial charge in [-0.1, -0.05) is 36.8 Å². The first-order valence-electron chi connectivity index (χ1n) is 6.84. The van der Waals surface area contributed by atoms with E-state index in [1.807, 2.05) is 23.0 Å². The summed E-state index contributed by atoms with van der Waals surface area (Å²) in [5, 5.41) is 11.7. The molecule has 0 amide bonds. The molecule has 0 fully saturated rings. The number of benzene rings is 1. The first kappa shape index (κ1) is 14.5. The molecule has 0 aliphatic carbocycles. The van der Waals surface area contributed by atoms with Gasteiger partial charge in [0.25, 0.3) is 0 Å². The third-order valence-corrected chi connectivity index (χ3v) is 3.05. The van der Waals surface area contributed by atoms with Crippen LogP contribution in [0.3, 0.4) is 0 Å². The van der Waals surface area contributed by atoms with E-state index in [0.717, 1.165) is 23.6 Å². The number of nitrogens with zero attached hydrogens (tertiary/aromatic N) is 3. The fourth-order valence-corrected chi connectivity index (χ4v) is 2.01. The lowest BCUT2D eigenvalue weighted by Crippen LogP contribution is -2.21. The molecule has 0 saturated carbocycles. The van der Waals surface area contributed by atoms with Crippen LogP contribution in [0, 0.1) is 6.92 Å². The average molecular weight is 274 g/mol. The number of aromatic nitrogens is 3. The Morgan fingerprint density at radius 2 is 2.15 bits per heavy atom. The second-order valence-electron chi connectivity index (χ2n) is 5.26. The van der Waals surface area contributed by atoms with Gasteiger partial charge < -0.3 is 10.1 Å². The van der Waals surface area contributed by atoms with Crippen LogP contribution in [-0.4, -0.2) is 28.1 Å². The van der Waals surface area contributed by atoms with Crippen molar-refractivity contribution in [1.82, 2.24) is 20.3 Å². The van der Waals surface area contributed by atoms with E-state index in [2.05, 4.69) is 42.5 Å². The molecule has 1 aromatic heterocycles. The molecular weight excluding hydrogens is 252 g/mol. The maximum Gasteiger partial charge on any atom is 0.123 e. The highest BCUT2D eigenvalue weighted by Gasteiger charge is 2.07. The zero-order valence-corrected chi connectivity index (χ0v) is 12.6. The Bertz CT molecular complexity index is 563. The summed E-state index contributed by atoms with van der Waals surface area (Å²) >= 11 is 0. The molecule has 5 heteroatoms. The largest absolute Gasteiger partial charge is 0.496 e. The maximum absolute atomic E-state index is 5.38. The van der Waals surface area contributed by atoms with E-state index in [0.29, 0.717) is 12.6 Å². The van der Waals surface area contributed by atoms with E-state index in [9.17, 15) is 0 Å². The summed E-state index contributed by atoms with van der Waals surface area (Å²) in [6, 6.07) is 6.59. The minimum Gasteiger partial charge on any atom is -0.496 e. The molecule has 2 rings (SSSR count). The van der Waals surface area contributed by atoms with Crippen LogP contribution in [0.5, 0.6) is 5.75 Å². The molecule has 2 aromatic rings. The molecule has 5 nitrogen and oxygen atoms in total. The first-order chi connectivity index (χ1) is 9.58. The summed E-state index contributed by atoms with van der Waals surface area (Å²) in [6.45, 7) is 7.70. The molecule has 0 atom stereocenters. The number of aryl methyl sites for hydroxylation is 1. The molecule has 0 radical (unpaired) electrons. The highest BCUT2D eigenvalue weighted by molar-refractivity contribution is 5.36. The number of rotatable bonds is 6. The predicted octanol–water partition coefficient (Wildman–Crippen LogP) is 2.14. The molecule has 1 aromatic carbocycles. The van der Waals surface area contributed by atoms with E-state index in [1.54, 1.807) is 7.11 Å². The lowest BCUT2D eigenvalue weighted by molar-refractivity contribution is 0.407. The van der Waals surface area contributed by atoms with Gasteiger partial charge >= 0.3 is 0 Å². The number of hydrogen-bond acceptors (Lipinski definition) is 4. The van der Waals surface area contributed by atoms with Gasteiger partial charge in [-0.15, -0.1) is 5.10 Å². The minimum absolute atomic E-state index is 0.442. The monoisotopic (exact) mass is 274 g/mol. The van der Waals surface area contributed by atoms with Crippen LogP contribution in [0.2, 0.25) is 0 Å². The highest BCUT2D eigenvalue weighted by Crippen LogP contribution is 2.20. The van der Waals surface area contributed by atoms with Crippen molar-refractivity contribution in [2.75, 3.05) is 7.11 Å². The lowest BCUT2D eigenvalue weighted by atomic mass is 10.1. The van der Waals surface area contributed by atoms with Crippen LogP contribution in [0.15, 0.2) is 24.4 Å². The minimum atomic E-state index is 0.442. The van der Waals surface area contributed by atoms with Gasteiger partial charge in [-0.25, -0.2) is 4.68 Å². The zero-order valence-electron chi connectivity index (χ0n) is 12.6. The second-order valence-corrected chi connectivity index (χ2v) is 5.26. The van der Waals surface area contributed by atoms with Gasteiger partial charge in [-0.2, -0.15) is 0 Å². The van der Waals surface area contributed by atoms with Gasteiger partial charge in [0.1, 0.15) is 5.75 Å². The van der Waals surface area contributed by atoms with Crippen LogP contribution >= 0.6 is 0 Å². The van der Waals surface area contributed by atoms with Crippen molar-refractivity contribution in [2.24, 2.45) is 0 Å². The van der Waals surface area contributed by atoms with Gasteiger partial charge in [0.05, 0.1) is 25.5 Å². The fourth-order valence-electron chi connectivity index (χ4n) is 2.01. The number of methoxy groups -OCH3 is 1. The molecule has 0 saturated heterocycles. The Hall–Kier alpha value is -1.88. The smallest absolute Gasteiger partial charge is 0.123 e. The Morgan fingerprint density at radius 3 is 2.85 bits per heavy atom. The standard InChI is InChI=1S/C15H22N4O/c1-11(2)16-8-14-10-19(18-17-14)9-13-7-12(3)5-6-15(13)20-4/h5-7,10-11,16H,8-9H2,1-4H3. The van der Waals surface area contributed by atoms with Crippen molar-refractivity contribution >= 4 is 0 Å².